The number of hydrogen-bond acceptors (Lipinski definition) is 3. The third kappa shape index (κ3) is 5.98. The fourth-order valence-electron chi connectivity index (χ4n) is 2.53. The van der Waals surface area contributed by atoms with Crippen molar-refractivity contribution in [3.8, 4) is 0 Å². The van der Waals surface area contributed by atoms with Crippen LogP contribution in [0.25, 0.3) is 0 Å². The molecule has 1 aromatic carbocycles. The monoisotopic (exact) mass is 308 g/mol. The maximum absolute atomic E-state index is 11.5. The highest BCUT2D eigenvalue weighted by molar-refractivity contribution is 7.99. The van der Waals surface area contributed by atoms with Crippen molar-refractivity contribution in [1.29, 1.82) is 0 Å². The molecule has 1 saturated carbocycles. The van der Waals surface area contributed by atoms with E-state index in [9.17, 15) is 4.79 Å². The maximum atomic E-state index is 11.5. The number of amides is 2. The predicted octanol–water partition coefficient (Wildman–Crippen LogP) is 3.37. The van der Waals surface area contributed by atoms with Crippen LogP contribution in [0.2, 0.25) is 0 Å². The van der Waals surface area contributed by atoms with Gasteiger partial charge in [-0.3, -0.25) is 0 Å². The summed E-state index contributed by atoms with van der Waals surface area (Å²) in [7, 11) is 0. The molecule has 0 aromatic heterocycles. The molecule has 116 valence electrons. The minimum atomic E-state index is -0.277. The zero-order valence-corrected chi connectivity index (χ0v) is 13.1. The molecule has 0 heterocycles. The second-order valence-electron chi connectivity index (χ2n) is 5.38. The van der Waals surface area contributed by atoms with E-state index in [-0.39, 0.29) is 19.2 Å². The Kier molecular flexibility index (Phi) is 6.89. The first-order chi connectivity index (χ1) is 10.3. The van der Waals surface area contributed by atoms with E-state index in [2.05, 4.69) is 16.7 Å². The van der Waals surface area contributed by atoms with Crippen LogP contribution in [0.3, 0.4) is 0 Å². The lowest BCUT2D eigenvalue weighted by Gasteiger charge is -2.21. The third-order valence-corrected chi connectivity index (χ3v) is 5.06. The van der Waals surface area contributed by atoms with Crippen molar-refractivity contribution in [3.63, 3.8) is 0 Å². The molecule has 2 rings (SSSR count). The molecule has 2 amide bonds. The number of rotatable bonds is 6. The highest BCUT2D eigenvalue weighted by Crippen LogP contribution is 2.30. The van der Waals surface area contributed by atoms with Gasteiger partial charge in [0.05, 0.1) is 6.61 Å². The number of aliphatic hydroxyl groups excluding tert-OH is 1. The summed E-state index contributed by atoms with van der Waals surface area (Å²) < 4.78 is 0. The van der Waals surface area contributed by atoms with Crippen LogP contribution in [0.5, 0.6) is 0 Å². The number of carbonyl (C=O) groups is 1. The van der Waals surface area contributed by atoms with Crippen molar-refractivity contribution in [2.45, 2.75) is 43.1 Å². The van der Waals surface area contributed by atoms with Gasteiger partial charge >= 0.3 is 6.03 Å². The topological polar surface area (TPSA) is 61.4 Å². The Balaban J connectivity index is 1.80. The molecule has 1 aliphatic carbocycles. The Bertz CT molecular complexity index is 448. The lowest BCUT2D eigenvalue weighted by Crippen LogP contribution is -2.30. The highest BCUT2D eigenvalue weighted by atomic mass is 32.2. The Morgan fingerprint density at radius 1 is 1.29 bits per heavy atom. The van der Waals surface area contributed by atoms with E-state index in [0.717, 1.165) is 16.7 Å². The van der Waals surface area contributed by atoms with Gasteiger partial charge in [0, 0.05) is 23.2 Å². The summed E-state index contributed by atoms with van der Waals surface area (Å²) in [5.74, 6) is 0.998. The van der Waals surface area contributed by atoms with Gasteiger partial charge in [0.15, 0.2) is 0 Å². The van der Waals surface area contributed by atoms with Crippen molar-refractivity contribution in [3.05, 3.63) is 29.8 Å². The number of thioether (sulfide) groups is 1. The summed E-state index contributed by atoms with van der Waals surface area (Å²) in [6, 6.07) is 7.70. The van der Waals surface area contributed by atoms with Gasteiger partial charge in [0.1, 0.15) is 0 Å². The van der Waals surface area contributed by atoms with Gasteiger partial charge < -0.3 is 15.7 Å². The standard InChI is InChI=1S/C16H24N2O2S/c19-10-9-17-16(20)18-14-6-4-5-13(11-14)12-21-15-7-2-1-3-8-15/h4-6,11,15,19H,1-3,7-10,12H2,(H2,17,18,20). The Morgan fingerprint density at radius 3 is 2.86 bits per heavy atom. The van der Waals surface area contributed by atoms with E-state index in [0.29, 0.717) is 0 Å². The van der Waals surface area contributed by atoms with Gasteiger partial charge in [-0.15, -0.1) is 0 Å². The van der Waals surface area contributed by atoms with Gasteiger partial charge in [-0.05, 0) is 30.5 Å². The lowest BCUT2D eigenvalue weighted by atomic mass is 10.0. The van der Waals surface area contributed by atoms with Crippen molar-refractivity contribution in [1.82, 2.24) is 5.32 Å². The Morgan fingerprint density at radius 2 is 2.10 bits per heavy atom. The smallest absolute Gasteiger partial charge is 0.319 e. The summed E-state index contributed by atoms with van der Waals surface area (Å²) in [6.45, 7) is 0.217. The molecule has 4 nitrogen and oxygen atoms in total. The van der Waals surface area contributed by atoms with Crippen LogP contribution in [0.15, 0.2) is 24.3 Å². The minimum absolute atomic E-state index is 0.0501. The number of hydrogen-bond donors (Lipinski definition) is 3. The normalized spacial score (nSPS) is 15.7. The Labute approximate surface area is 130 Å². The van der Waals surface area contributed by atoms with Crippen LogP contribution in [-0.2, 0) is 5.75 Å². The summed E-state index contributed by atoms with van der Waals surface area (Å²) in [6.07, 6.45) is 6.80. The van der Waals surface area contributed by atoms with E-state index in [1.54, 1.807) is 0 Å². The van der Waals surface area contributed by atoms with Crippen LogP contribution >= 0.6 is 11.8 Å². The van der Waals surface area contributed by atoms with E-state index >= 15 is 0 Å². The number of carbonyl (C=O) groups excluding carboxylic acids is 1. The molecule has 1 aromatic rings. The van der Waals surface area contributed by atoms with E-state index in [4.69, 9.17) is 5.11 Å². The van der Waals surface area contributed by atoms with Crippen LogP contribution in [0.4, 0.5) is 10.5 Å². The number of nitrogens with one attached hydrogen (secondary N) is 2. The minimum Gasteiger partial charge on any atom is -0.395 e. The van der Waals surface area contributed by atoms with Crippen LogP contribution in [0.1, 0.15) is 37.7 Å². The summed E-state index contributed by atoms with van der Waals surface area (Å²) in [5.41, 5.74) is 2.04. The summed E-state index contributed by atoms with van der Waals surface area (Å²) in [4.78, 5) is 11.5. The molecular weight excluding hydrogens is 284 g/mol. The van der Waals surface area contributed by atoms with Gasteiger partial charge in [-0.25, -0.2) is 4.79 Å². The van der Waals surface area contributed by atoms with Crippen molar-refractivity contribution >= 4 is 23.5 Å². The van der Waals surface area contributed by atoms with Gasteiger partial charge in [0.25, 0.3) is 0 Å². The van der Waals surface area contributed by atoms with Crippen LogP contribution in [0, 0.1) is 0 Å². The molecule has 0 spiro atoms. The number of benzene rings is 1. The van der Waals surface area contributed by atoms with Gasteiger partial charge in [-0.2, -0.15) is 11.8 Å². The molecule has 1 aliphatic rings. The quantitative estimate of drug-likeness (QED) is 0.755. The zero-order valence-electron chi connectivity index (χ0n) is 12.3. The van der Waals surface area contributed by atoms with Gasteiger partial charge in [-0.1, -0.05) is 31.4 Å². The summed E-state index contributed by atoms with van der Waals surface area (Å²) >= 11 is 2.03. The molecule has 1 fully saturated rings. The average molecular weight is 308 g/mol. The van der Waals surface area contributed by atoms with Crippen molar-refractivity contribution < 1.29 is 9.90 Å². The third-order valence-electron chi connectivity index (χ3n) is 3.62. The van der Waals surface area contributed by atoms with Crippen LogP contribution in [-0.4, -0.2) is 29.5 Å². The molecule has 3 N–H and O–H groups in total. The molecule has 0 radical (unpaired) electrons. The summed E-state index contributed by atoms with van der Waals surface area (Å²) in [5, 5.41) is 14.8. The number of anilines is 1. The predicted molar refractivity (Wildman–Crippen MR) is 88.7 cm³/mol. The van der Waals surface area contributed by atoms with Crippen molar-refractivity contribution in [2.75, 3.05) is 18.5 Å². The second kappa shape index (κ2) is 8.95. The largest absolute Gasteiger partial charge is 0.395 e. The van der Waals surface area contributed by atoms with E-state index < -0.39 is 0 Å². The Hall–Kier alpha value is -1.20. The molecule has 0 bridgehead atoms. The fraction of sp³-hybridized carbons (Fsp3) is 0.562. The van der Waals surface area contributed by atoms with E-state index in [1.807, 2.05) is 30.0 Å². The second-order valence-corrected chi connectivity index (χ2v) is 6.66. The molecule has 5 heteroatoms. The SMILES string of the molecule is O=C(NCCO)Nc1cccc(CSC2CCCCC2)c1. The molecule has 21 heavy (non-hydrogen) atoms. The number of aliphatic hydroxyl groups is 1. The first-order valence-corrected chi connectivity index (χ1v) is 8.69. The van der Waals surface area contributed by atoms with Crippen LogP contribution < -0.4 is 10.6 Å². The zero-order chi connectivity index (χ0) is 14.9. The van der Waals surface area contributed by atoms with Gasteiger partial charge in [0.2, 0.25) is 0 Å². The molecule has 0 unspecified atom stereocenters. The first kappa shape index (κ1) is 16.2. The molecule has 0 atom stereocenters. The average Bonchev–Trinajstić information content (AvgIpc) is 2.52. The highest BCUT2D eigenvalue weighted by Gasteiger charge is 2.13. The first-order valence-electron chi connectivity index (χ1n) is 7.64. The molecular formula is C16H24N2O2S. The van der Waals surface area contributed by atoms with E-state index in [1.165, 1.54) is 37.7 Å². The van der Waals surface area contributed by atoms with Crippen molar-refractivity contribution in [2.24, 2.45) is 0 Å². The maximum Gasteiger partial charge on any atom is 0.319 e. The number of urea groups is 1. The fourth-order valence-corrected chi connectivity index (χ4v) is 3.80. The molecule has 0 saturated heterocycles. The lowest BCUT2D eigenvalue weighted by molar-refractivity contribution is 0.245. The molecule has 0 aliphatic heterocycles.